The quantitative estimate of drug-likeness (QED) is 0.690. The molecule has 3 aliphatic rings. The highest BCUT2D eigenvalue weighted by Crippen LogP contribution is 2.27. The van der Waals surface area contributed by atoms with Crippen LogP contribution in [0.4, 0.5) is 0 Å². The Hall–Kier alpha value is -1.48. The van der Waals surface area contributed by atoms with Gasteiger partial charge in [-0.3, -0.25) is 9.69 Å². The van der Waals surface area contributed by atoms with Gasteiger partial charge < -0.3 is 9.64 Å². The van der Waals surface area contributed by atoms with Crippen LogP contribution in [0, 0.1) is 11.8 Å². The van der Waals surface area contributed by atoms with E-state index < -0.39 is 10.0 Å². The Kier molecular flexibility index (Phi) is 7.01. The molecule has 3 saturated heterocycles. The summed E-state index contributed by atoms with van der Waals surface area (Å²) in [7, 11) is -3.60. The molecule has 31 heavy (non-hydrogen) atoms. The number of amides is 1. The van der Waals surface area contributed by atoms with Gasteiger partial charge in [0.05, 0.1) is 11.0 Å². The van der Waals surface area contributed by atoms with Crippen molar-refractivity contribution in [3.63, 3.8) is 0 Å². The van der Waals surface area contributed by atoms with E-state index in [4.69, 9.17) is 4.74 Å². The van der Waals surface area contributed by atoms with Gasteiger partial charge in [0.25, 0.3) is 5.91 Å². The first-order chi connectivity index (χ1) is 14.8. The van der Waals surface area contributed by atoms with Crippen LogP contribution < -0.4 is 0 Å². The molecular formula is C23H35N3O4S. The van der Waals surface area contributed by atoms with Gasteiger partial charge in [-0.15, -0.1) is 0 Å². The minimum absolute atomic E-state index is 0.0887. The third kappa shape index (κ3) is 5.30. The average Bonchev–Trinajstić information content (AvgIpc) is 3.26. The molecule has 0 N–H and O–H groups in total. The van der Waals surface area contributed by atoms with Crippen LogP contribution in [-0.2, 0) is 14.8 Å². The van der Waals surface area contributed by atoms with Gasteiger partial charge in [-0.25, -0.2) is 8.42 Å². The zero-order chi connectivity index (χ0) is 22.0. The Morgan fingerprint density at radius 3 is 2.45 bits per heavy atom. The van der Waals surface area contributed by atoms with E-state index in [0.717, 1.165) is 45.5 Å². The number of benzene rings is 1. The molecule has 3 aliphatic heterocycles. The van der Waals surface area contributed by atoms with Crippen LogP contribution in [0.5, 0.6) is 0 Å². The van der Waals surface area contributed by atoms with Gasteiger partial charge in [-0.05, 0) is 49.3 Å². The van der Waals surface area contributed by atoms with E-state index in [1.165, 1.54) is 0 Å². The summed E-state index contributed by atoms with van der Waals surface area (Å²) in [5, 5.41) is 0. The molecule has 3 heterocycles. The van der Waals surface area contributed by atoms with E-state index in [9.17, 15) is 13.2 Å². The molecule has 0 aromatic heterocycles. The average molecular weight is 450 g/mol. The summed E-state index contributed by atoms with van der Waals surface area (Å²) in [6.45, 7) is 10.0. The molecule has 1 amide bonds. The molecule has 3 atom stereocenters. The second-order valence-electron chi connectivity index (χ2n) is 9.52. The Morgan fingerprint density at radius 2 is 1.81 bits per heavy atom. The van der Waals surface area contributed by atoms with Crippen molar-refractivity contribution in [1.82, 2.24) is 14.1 Å². The van der Waals surface area contributed by atoms with E-state index in [1.54, 1.807) is 28.6 Å². The number of piperidine rings is 1. The van der Waals surface area contributed by atoms with Crippen molar-refractivity contribution >= 4 is 15.9 Å². The maximum absolute atomic E-state index is 13.2. The molecule has 1 aromatic rings. The Morgan fingerprint density at radius 1 is 1.10 bits per heavy atom. The number of rotatable bonds is 5. The van der Waals surface area contributed by atoms with Gasteiger partial charge in [0.15, 0.2) is 0 Å². The lowest BCUT2D eigenvalue weighted by molar-refractivity contribution is 0.0432. The van der Waals surface area contributed by atoms with Gasteiger partial charge in [-0.2, -0.15) is 4.31 Å². The van der Waals surface area contributed by atoms with E-state index in [1.807, 2.05) is 4.90 Å². The molecule has 0 saturated carbocycles. The fourth-order valence-electron chi connectivity index (χ4n) is 5.13. The van der Waals surface area contributed by atoms with Crippen molar-refractivity contribution < 1.29 is 17.9 Å². The largest absolute Gasteiger partial charge is 0.377 e. The fourth-order valence-corrected chi connectivity index (χ4v) is 6.86. The monoisotopic (exact) mass is 449 g/mol. The highest BCUT2D eigenvalue weighted by molar-refractivity contribution is 7.89. The third-order valence-corrected chi connectivity index (χ3v) is 8.53. The topological polar surface area (TPSA) is 70.2 Å². The minimum atomic E-state index is -3.60. The summed E-state index contributed by atoms with van der Waals surface area (Å²) in [5.41, 5.74) is 0.451. The molecule has 3 fully saturated rings. The number of sulfonamides is 1. The lowest BCUT2D eigenvalue weighted by Gasteiger charge is -2.36. The number of ether oxygens (including phenoxy) is 1. The number of carbonyl (C=O) groups excluding carboxylic acids is 1. The van der Waals surface area contributed by atoms with Crippen LogP contribution in [0.15, 0.2) is 29.2 Å². The van der Waals surface area contributed by atoms with Crippen molar-refractivity contribution in [3.8, 4) is 0 Å². The second-order valence-corrected chi connectivity index (χ2v) is 11.5. The first-order valence-electron chi connectivity index (χ1n) is 11.6. The maximum Gasteiger partial charge on any atom is 0.253 e. The van der Waals surface area contributed by atoms with Gasteiger partial charge >= 0.3 is 0 Å². The van der Waals surface area contributed by atoms with Crippen LogP contribution in [-0.4, -0.2) is 87.0 Å². The van der Waals surface area contributed by atoms with E-state index in [2.05, 4.69) is 18.7 Å². The summed E-state index contributed by atoms with van der Waals surface area (Å²) in [6.07, 6.45) is 3.63. The zero-order valence-electron chi connectivity index (χ0n) is 18.7. The normalized spacial score (nSPS) is 28.7. The van der Waals surface area contributed by atoms with Crippen molar-refractivity contribution in [2.75, 3.05) is 52.4 Å². The van der Waals surface area contributed by atoms with Crippen LogP contribution in [0.2, 0.25) is 0 Å². The standard InChI is InChI=1S/C23H35N3O4S/c1-18-13-19(2)16-26(15-18)31(28,29)22-7-3-5-20(14-22)23(27)25-10-8-24(9-11-25)17-21-6-4-12-30-21/h3,5,7,14,18-19,21H,4,6,8-13,15-17H2,1-2H3. The summed E-state index contributed by atoms with van der Waals surface area (Å²) in [5.74, 6) is 0.595. The van der Waals surface area contributed by atoms with Gasteiger partial charge in [0, 0.05) is 58.0 Å². The second kappa shape index (κ2) is 9.57. The molecule has 0 bridgehead atoms. The van der Waals surface area contributed by atoms with Crippen molar-refractivity contribution in [3.05, 3.63) is 29.8 Å². The number of nitrogens with zero attached hydrogens (tertiary/aromatic N) is 3. The van der Waals surface area contributed by atoms with Crippen molar-refractivity contribution in [2.24, 2.45) is 11.8 Å². The molecule has 1 aromatic carbocycles. The van der Waals surface area contributed by atoms with Gasteiger partial charge in [-0.1, -0.05) is 19.9 Å². The summed E-state index contributed by atoms with van der Waals surface area (Å²) < 4.78 is 33.7. The van der Waals surface area contributed by atoms with Gasteiger partial charge in [0.2, 0.25) is 10.0 Å². The lowest BCUT2D eigenvalue weighted by Crippen LogP contribution is -2.50. The van der Waals surface area contributed by atoms with Crippen LogP contribution >= 0.6 is 0 Å². The Bertz CT molecular complexity index is 867. The molecule has 172 valence electrons. The first kappa shape index (κ1) is 22.7. The number of hydrogen-bond acceptors (Lipinski definition) is 5. The smallest absolute Gasteiger partial charge is 0.253 e. The van der Waals surface area contributed by atoms with Crippen molar-refractivity contribution in [2.45, 2.75) is 44.1 Å². The fraction of sp³-hybridized carbons (Fsp3) is 0.696. The van der Waals surface area contributed by atoms with E-state index in [-0.39, 0.29) is 10.8 Å². The molecule has 8 heteroatoms. The molecule has 4 rings (SSSR count). The van der Waals surface area contributed by atoms with Gasteiger partial charge in [0.1, 0.15) is 0 Å². The third-order valence-electron chi connectivity index (χ3n) is 6.70. The molecule has 0 spiro atoms. The van der Waals surface area contributed by atoms with E-state index >= 15 is 0 Å². The molecule has 0 aliphatic carbocycles. The molecule has 0 radical (unpaired) electrons. The summed E-state index contributed by atoms with van der Waals surface area (Å²) in [6, 6.07) is 6.57. The summed E-state index contributed by atoms with van der Waals surface area (Å²) >= 11 is 0. The Labute approximate surface area is 186 Å². The van der Waals surface area contributed by atoms with Crippen LogP contribution in [0.3, 0.4) is 0 Å². The van der Waals surface area contributed by atoms with Crippen LogP contribution in [0.25, 0.3) is 0 Å². The molecular weight excluding hydrogens is 414 g/mol. The highest BCUT2D eigenvalue weighted by Gasteiger charge is 2.32. The number of hydrogen-bond donors (Lipinski definition) is 0. The predicted molar refractivity (Wildman–Crippen MR) is 119 cm³/mol. The first-order valence-corrected chi connectivity index (χ1v) is 13.0. The van der Waals surface area contributed by atoms with Crippen LogP contribution in [0.1, 0.15) is 43.5 Å². The number of carbonyl (C=O) groups is 1. The minimum Gasteiger partial charge on any atom is -0.377 e. The highest BCUT2D eigenvalue weighted by atomic mass is 32.2. The zero-order valence-corrected chi connectivity index (χ0v) is 19.5. The number of piperazine rings is 1. The maximum atomic E-state index is 13.2. The summed E-state index contributed by atoms with van der Waals surface area (Å²) in [4.78, 5) is 17.5. The SMILES string of the molecule is CC1CC(C)CN(S(=O)(=O)c2cccc(C(=O)N3CCN(CC4CCCO4)CC3)c2)C1. The predicted octanol–water partition coefficient (Wildman–Crippen LogP) is 2.29. The Balaban J connectivity index is 1.40. The molecule has 3 unspecified atom stereocenters. The van der Waals surface area contributed by atoms with Crippen molar-refractivity contribution in [1.29, 1.82) is 0 Å². The molecule has 7 nitrogen and oxygen atoms in total. The lowest BCUT2D eigenvalue weighted by atomic mass is 9.94. The van der Waals surface area contributed by atoms with E-state index in [0.29, 0.717) is 49.7 Å².